The number of carbonyl (C=O) groups is 5. The molecule has 0 saturated carbocycles. The SMILES string of the molecule is CC(C)c1cccc(C(C)C)c1N1C(=O)c2ccc3c4cccc5c(Br)ccc(c6ccc(c2c36)C1=O)c54.CC(C)c1cccc(C(C)C)c1N1C(=O)c2ccc3c4cccc5c(Cc6cc(Cl)ccc6N)ccc(c6ccc(c2c36)C1=O)c54.Cc1cc(Cl)ccc1N.O=CO[O-].[Cs+].[Cs+].[H-]. The normalized spacial score (nSPS) is 12.7. The summed E-state index contributed by atoms with van der Waals surface area (Å²) in [5.74, 6) is -0.423. The fourth-order valence-electron chi connectivity index (χ4n) is 14.7. The molecule has 0 atom stereocenters. The van der Waals surface area contributed by atoms with Crippen molar-refractivity contribution in [2.75, 3.05) is 21.3 Å². The summed E-state index contributed by atoms with van der Waals surface area (Å²) in [7, 11) is 0. The zero-order valence-electron chi connectivity index (χ0n) is 58.0. The van der Waals surface area contributed by atoms with Gasteiger partial charge in [-0.1, -0.05) is 210 Å². The van der Waals surface area contributed by atoms with Crippen LogP contribution in [0.2, 0.25) is 10.0 Å². The molecular weight excluding hydrogens is 1580 g/mol. The number of imide groups is 2. The molecule has 2 aliphatic rings. The Morgan fingerprint density at radius 1 is 0.424 bits per heavy atom. The van der Waals surface area contributed by atoms with Crippen molar-refractivity contribution in [2.45, 2.75) is 92.4 Å². The van der Waals surface area contributed by atoms with Crippen LogP contribution in [0.1, 0.15) is 161 Å². The van der Waals surface area contributed by atoms with Crippen LogP contribution in [0.5, 0.6) is 0 Å². The van der Waals surface area contributed by atoms with E-state index >= 15 is 0 Å². The third-order valence-electron chi connectivity index (χ3n) is 19.2. The summed E-state index contributed by atoms with van der Waals surface area (Å²) in [5, 5.41) is 26.6. The first kappa shape index (κ1) is 74.3. The Labute approximate surface area is 711 Å². The number of para-hydroxylation sites is 2. The fourth-order valence-corrected chi connectivity index (χ4v) is 15.6. The molecule has 486 valence electrons. The van der Waals surface area contributed by atoms with Crippen molar-refractivity contribution in [1.82, 2.24) is 0 Å². The van der Waals surface area contributed by atoms with Crippen LogP contribution >= 0.6 is 39.1 Å². The number of carbonyl (C=O) groups excluding carboxylic acids is 5. The summed E-state index contributed by atoms with van der Waals surface area (Å²) in [4.78, 5) is 71.6. The Bertz CT molecular complexity index is 5440. The maximum Gasteiger partial charge on any atom is 1.00 e. The molecule has 14 aromatic rings. The molecule has 0 bridgehead atoms. The predicted octanol–water partition coefficient (Wildman–Crippen LogP) is 14.9. The van der Waals surface area contributed by atoms with Gasteiger partial charge in [-0.05, 0) is 212 Å². The number of fused-ring (bicyclic) bond motifs is 4. The van der Waals surface area contributed by atoms with Crippen LogP contribution in [-0.2, 0) is 16.1 Å². The number of hydrogen-bond acceptors (Lipinski definition) is 9. The molecule has 99 heavy (non-hydrogen) atoms. The maximum atomic E-state index is 14.5. The second-order valence-corrected chi connectivity index (χ2v) is 28.0. The Balaban J connectivity index is 0.000000180. The Morgan fingerprint density at radius 3 is 1.13 bits per heavy atom. The molecule has 0 aliphatic carbocycles. The van der Waals surface area contributed by atoms with E-state index in [2.05, 4.69) is 161 Å². The summed E-state index contributed by atoms with van der Waals surface area (Å²) < 4.78 is 1.05. The first-order valence-electron chi connectivity index (χ1n) is 32.3. The summed E-state index contributed by atoms with van der Waals surface area (Å²) in [6, 6.07) is 60.4. The first-order valence-corrected chi connectivity index (χ1v) is 33.9. The van der Waals surface area contributed by atoms with E-state index in [9.17, 15) is 19.2 Å². The number of nitrogens with two attached hydrogens (primary N) is 2. The summed E-state index contributed by atoms with van der Waals surface area (Å²) in [6.45, 7) is 18.6. The Hall–Kier alpha value is -5.85. The van der Waals surface area contributed by atoms with Crippen molar-refractivity contribution in [1.29, 1.82) is 0 Å². The van der Waals surface area contributed by atoms with Gasteiger partial charge in [0.25, 0.3) is 30.1 Å². The number of aryl methyl sites for hydroxylation is 1. The van der Waals surface area contributed by atoms with Crippen molar-refractivity contribution in [3.63, 3.8) is 0 Å². The van der Waals surface area contributed by atoms with E-state index in [1.165, 1.54) is 20.6 Å². The second-order valence-electron chi connectivity index (χ2n) is 26.3. The minimum atomic E-state index is -0.269. The zero-order chi connectivity index (χ0) is 68.7. The standard InChI is InChI=1S/C41H33ClN2O2.C34H26BrNO2.C7H8ClN.CH2O3.2Cs.H/c1-21(2)26-7-5-8-27(22(3)4)39(26)44-40(45)33-16-14-31-29-10-6-9-28-23(19-24-20-25(42)12-18-35(24)43)11-13-30(36(28)29)32-15-17-34(41(44)46)38(33)37(31)32;1-17(2)19-7-5-8-20(18(3)4)32(19)36-33(37)26-13-11-23-21-9-6-10-25-28(35)16-15-22(29(21)25)24-12-14-27(34(36)38)31(26)30(23)24;1-5-4-6(8)2-3-7(5)9;2-1-4-3;;;/h5-18,20-22H,19,43H2,1-4H3;5-18H,1-4H3;2-4H,9H2,1H3;1,3H;;;/q;;;;2*+1;-1/p-1. The van der Waals surface area contributed by atoms with E-state index < -0.39 is 0 Å². The largest absolute Gasteiger partial charge is 1.00 e. The minimum absolute atomic E-state index is 0. The van der Waals surface area contributed by atoms with Crippen LogP contribution in [0, 0.1) is 6.92 Å². The summed E-state index contributed by atoms with van der Waals surface area (Å²) in [6.07, 6.45) is 0.655. The van der Waals surface area contributed by atoms with Crippen molar-refractivity contribution < 1.29 is 173 Å². The number of benzene rings is 14. The summed E-state index contributed by atoms with van der Waals surface area (Å²) in [5.41, 5.74) is 24.3. The van der Waals surface area contributed by atoms with Gasteiger partial charge in [-0.25, -0.2) is 9.80 Å². The molecular formula is C83H69BrCl2Cs2N4O7. The van der Waals surface area contributed by atoms with E-state index in [1.807, 2.05) is 91.9 Å². The molecule has 16 heteroatoms. The fraction of sp³-hybridized carbons (Fsp3) is 0.169. The van der Waals surface area contributed by atoms with Crippen LogP contribution in [0.3, 0.4) is 0 Å². The zero-order valence-corrected chi connectivity index (χ0v) is 72.6. The number of halogens is 3. The van der Waals surface area contributed by atoms with Gasteiger partial charge in [0.1, 0.15) is 0 Å². The monoisotopic (exact) mass is 1650 g/mol. The van der Waals surface area contributed by atoms with Gasteiger partial charge in [-0.3, -0.25) is 24.0 Å². The molecule has 2 heterocycles. The predicted molar refractivity (Wildman–Crippen MR) is 402 cm³/mol. The quantitative estimate of drug-likeness (QED) is 0.0271. The molecule has 4 N–H and O–H groups in total. The van der Waals surface area contributed by atoms with E-state index in [-0.39, 0.29) is 193 Å². The van der Waals surface area contributed by atoms with E-state index in [4.69, 9.17) is 44.7 Å². The van der Waals surface area contributed by atoms with E-state index in [1.54, 1.807) is 12.1 Å². The van der Waals surface area contributed by atoms with Gasteiger partial charge in [-0.2, -0.15) is 0 Å². The number of anilines is 4. The molecule has 0 radical (unpaired) electrons. The Kier molecular flexibility index (Phi) is 22.7. The van der Waals surface area contributed by atoms with Gasteiger partial charge in [0.05, 0.1) is 11.4 Å². The molecule has 0 fully saturated rings. The molecule has 14 aromatic carbocycles. The number of nitrogens with zero attached hydrogens (tertiary/aromatic N) is 2. The molecule has 2 aliphatic heterocycles. The topological polar surface area (TPSA) is 176 Å². The van der Waals surface area contributed by atoms with Crippen LogP contribution in [-0.4, -0.2) is 30.1 Å². The van der Waals surface area contributed by atoms with Crippen LogP contribution < -0.4 is 164 Å². The second kappa shape index (κ2) is 30.2. The minimum Gasteiger partial charge on any atom is -1.00 e. The number of nitrogen functional groups attached to an aromatic ring is 2. The van der Waals surface area contributed by atoms with Crippen molar-refractivity contribution in [3.05, 3.63) is 258 Å². The van der Waals surface area contributed by atoms with Crippen molar-refractivity contribution in [3.8, 4) is 0 Å². The maximum absolute atomic E-state index is 14.5. The third-order valence-corrected chi connectivity index (χ3v) is 20.4. The molecule has 0 unspecified atom stereocenters. The van der Waals surface area contributed by atoms with Crippen molar-refractivity contribution in [2.24, 2.45) is 0 Å². The molecule has 11 nitrogen and oxygen atoms in total. The smallest absolute Gasteiger partial charge is 1.00 e. The van der Waals surface area contributed by atoms with Crippen molar-refractivity contribution >= 4 is 178 Å². The number of rotatable bonds is 9. The molecule has 0 saturated heterocycles. The average Bonchev–Trinajstić information content (AvgIpc) is 0.703. The van der Waals surface area contributed by atoms with Crippen LogP contribution in [0.4, 0.5) is 22.7 Å². The van der Waals surface area contributed by atoms with Gasteiger partial charge in [0.2, 0.25) is 0 Å². The summed E-state index contributed by atoms with van der Waals surface area (Å²) >= 11 is 15.7. The van der Waals surface area contributed by atoms with Crippen LogP contribution in [0.25, 0.3) is 86.2 Å². The van der Waals surface area contributed by atoms with Gasteiger partial charge in [-0.15, -0.1) is 0 Å². The van der Waals surface area contributed by atoms with Gasteiger partial charge in [0.15, 0.2) is 0 Å². The van der Waals surface area contributed by atoms with Crippen LogP contribution in [0.15, 0.2) is 186 Å². The average molecular weight is 1650 g/mol. The molecule has 0 spiro atoms. The molecule has 4 amide bonds. The molecule has 0 aromatic heterocycles. The number of hydrogen-bond donors (Lipinski definition) is 2. The third kappa shape index (κ3) is 13.1. The first-order chi connectivity index (χ1) is 46.6. The van der Waals surface area contributed by atoms with Gasteiger partial charge >= 0.3 is 138 Å². The van der Waals surface area contributed by atoms with Gasteiger partial charge in [0, 0.05) is 65.3 Å². The van der Waals surface area contributed by atoms with E-state index in [0.29, 0.717) is 33.7 Å². The molecule has 16 rings (SSSR count). The Morgan fingerprint density at radius 2 is 0.747 bits per heavy atom. The van der Waals surface area contributed by atoms with Gasteiger partial charge < -0.3 is 23.0 Å². The number of amides is 4. The van der Waals surface area contributed by atoms with E-state index in [0.717, 1.165) is 147 Å².